The van der Waals surface area contributed by atoms with Crippen molar-refractivity contribution in [1.82, 2.24) is 0 Å². The number of nitrogens with one attached hydrogen (secondary N) is 1. The Kier molecular flexibility index (Phi) is 5.90. The molecular formula is C26H23Cl2NO3. The number of benzene rings is 3. The van der Waals surface area contributed by atoms with Crippen LogP contribution in [0, 0.1) is 5.92 Å². The summed E-state index contributed by atoms with van der Waals surface area (Å²) >= 11 is 12.5. The lowest BCUT2D eigenvalue weighted by Gasteiger charge is -2.38. The molecule has 0 radical (unpaired) electrons. The van der Waals surface area contributed by atoms with E-state index in [1.165, 1.54) is 5.56 Å². The van der Waals surface area contributed by atoms with Crippen LogP contribution in [0.5, 0.6) is 17.2 Å². The molecule has 164 valence electrons. The normalized spacial score (nSPS) is 20.9. The summed E-state index contributed by atoms with van der Waals surface area (Å²) in [6.45, 7) is 0.851. The minimum atomic E-state index is -0.149. The second-order valence-corrected chi connectivity index (χ2v) is 8.87. The van der Waals surface area contributed by atoms with Gasteiger partial charge in [0.25, 0.3) is 0 Å². The van der Waals surface area contributed by atoms with Gasteiger partial charge in [0.1, 0.15) is 30.5 Å². The first-order valence-corrected chi connectivity index (χ1v) is 11.4. The Labute approximate surface area is 197 Å². The number of hydrogen-bond donors (Lipinski definition) is 2. The molecule has 3 aromatic carbocycles. The topological polar surface area (TPSA) is 50.7 Å². The lowest BCUT2D eigenvalue weighted by molar-refractivity contribution is 0.217. The molecule has 4 nitrogen and oxygen atoms in total. The average Bonchev–Trinajstić information content (AvgIpc) is 3.30. The molecule has 5 rings (SSSR count). The van der Waals surface area contributed by atoms with Crippen LogP contribution in [-0.2, 0) is 0 Å². The molecule has 0 spiro atoms. The van der Waals surface area contributed by atoms with E-state index in [1.54, 1.807) is 12.1 Å². The maximum absolute atomic E-state index is 10.7. The third kappa shape index (κ3) is 4.01. The number of ether oxygens (including phenoxy) is 2. The van der Waals surface area contributed by atoms with Gasteiger partial charge in [-0.3, -0.25) is 0 Å². The van der Waals surface area contributed by atoms with E-state index in [0.717, 1.165) is 23.6 Å². The molecule has 3 unspecified atom stereocenters. The second-order valence-electron chi connectivity index (χ2n) is 8.03. The van der Waals surface area contributed by atoms with Crippen molar-refractivity contribution in [1.29, 1.82) is 0 Å². The van der Waals surface area contributed by atoms with Crippen molar-refractivity contribution in [2.45, 2.75) is 18.4 Å². The van der Waals surface area contributed by atoms with Crippen molar-refractivity contribution in [3.8, 4) is 17.2 Å². The number of rotatable bonds is 6. The van der Waals surface area contributed by atoms with Gasteiger partial charge in [0.05, 0.1) is 16.8 Å². The predicted molar refractivity (Wildman–Crippen MR) is 128 cm³/mol. The van der Waals surface area contributed by atoms with Crippen molar-refractivity contribution in [3.63, 3.8) is 0 Å². The molecule has 1 aliphatic heterocycles. The van der Waals surface area contributed by atoms with Crippen molar-refractivity contribution in [2.75, 3.05) is 18.5 Å². The fourth-order valence-corrected chi connectivity index (χ4v) is 5.18. The van der Waals surface area contributed by atoms with E-state index in [2.05, 4.69) is 23.5 Å². The summed E-state index contributed by atoms with van der Waals surface area (Å²) in [6, 6.07) is 19.0. The van der Waals surface area contributed by atoms with Crippen molar-refractivity contribution >= 4 is 28.9 Å². The van der Waals surface area contributed by atoms with Gasteiger partial charge in [-0.05, 0) is 48.2 Å². The molecule has 1 heterocycles. The minimum Gasteiger partial charge on any atom is -0.506 e. The van der Waals surface area contributed by atoms with Gasteiger partial charge in [0, 0.05) is 16.5 Å². The van der Waals surface area contributed by atoms with E-state index in [-0.39, 0.29) is 28.6 Å². The van der Waals surface area contributed by atoms with Crippen LogP contribution >= 0.6 is 23.2 Å². The smallest absolute Gasteiger partial charge is 0.142 e. The summed E-state index contributed by atoms with van der Waals surface area (Å²) in [5.74, 6) is 2.11. The number of fused-ring (bicyclic) bond motifs is 3. The Bertz CT molecular complexity index is 1150. The third-order valence-corrected chi connectivity index (χ3v) is 6.61. The highest BCUT2D eigenvalue weighted by atomic mass is 35.5. The van der Waals surface area contributed by atoms with Crippen LogP contribution in [0.25, 0.3) is 0 Å². The number of anilines is 1. The Hall–Kier alpha value is -2.82. The number of halogens is 2. The quantitative estimate of drug-likeness (QED) is 0.303. The van der Waals surface area contributed by atoms with E-state index in [0.29, 0.717) is 23.8 Å². The molecule has 0 saturated carbocycles. The van der Waals surface area contributed by atoms with Crippen molar-refractivity contribution in [2.24, 2.45) is 5.92 Å². The van der Waals surface area contributed by atoms with Gasteiger partial charge in [0.2, 0.25) is 0 Å². The molecule has 0 saturated heterocycles. The summed E-state index contributed by atoms with van der Waals surface area (Å²) in [6.07, 6.45) is 5.34. The summed E-state index contributed by atoms with van der Waals surface area (Å²) < 4.78 is 11.9. The van der Waals surface area contributed by atoms with E-state index >= 15 is 0 Å². The predicted octanol–water partition coefficient (Wildman–Crippen LogP) is 6.98. The Morgan fingerprint density at radius 1 is 0.938 bits per heavy atom. The highest BCUT2D eigenvalue weighted by Gasteiger charge is 2.40. The number of para-hydroxylation sites is 2. The van der Waals surface area contributed by atoms with Gasteiger partial charge < -0.3 is 19.9 Å². The largest absolute Gasteiger partial charge is 0.506 e. The lowest BCUT2D eigenvalue weighted by atomic mass is 9.76. The first kappa shape index (κ1) is 21.0. The summed E-state index contributed by atoms with van der Waals surface area (Å²) in [7, 11) is 0. The number of aromatic hydroxyl groups is 1. The maximum atomic E-state index is 10.7. The van der Waals surface area contributed by atoms with Gasteiger partial charge in [-0.25, -0.2) is 0 Å². The molecule has 6 heteroatoms. The fraction of sp³-hybridized carbons (Fsp3) is 0.231. The first-order chi connectivity index (χ1) is 15.6. The average molecular weight is 468 g/mol. The van der Waals surface area contributed by atoms with Crippen LogP contribution in [0.4, 0.5) is 5.69 Å². The minimum absolute atomic E-state index is 0.0670. The van der Waals surface area contributed by atoms with E-state index in [1.807, 2.05) is 42.5 Å². The molecule has 2 N–H and O–H groups in total. The lowest BCUT2D eigenvalue weighted by Crippen LogP contribution is -2.29. The zero-order valence-corrected chi connectivity index (χ0v) is 18.8. The molecule has 0 aromatic heterocycles. The molecule has 0 bridgehead atoms. The number of phenolic OH excluding ortho intramolecular Hbond substituents is 1. The molecular weight excluding hydrogens is 445 g/mol. The highest BCUT2D eigenvalue weighted by molar-refractivity contribution is 6.35. The molecule has 0 fully saturated rings. The van der Waals surface area contributed by atoms with Gasteiger partial charge in [-0.1, -0.05) is 65.7 Å². The zero-order valence-electron chi connectivity index (χ0n) is 17.3. The van der Waals surface area contributed by atoms with Crippen LogP contribution in [0.3, 0.4) is 0 Å². The summed E-state index contributed by atoms with van der Waals surface area (Å²) in [5.41, 5.74) is 2.82. The molecule has 3 atom stereocenters. The SMILES string of the molecule is Oc1c(Cl)cc(Cl)cc1C1Nc2c(OCCOc3ccccc3)cccc2C2C=CCC21. The van der Waals surface area contributed by atoms with Gasteiger partial charge in [0.15, 0.2) is 0 Å². The highest BCUT2D eigenvalue weighted by Crippen LogP contribution is 2.54. The molecule has 32 heavy (non-hydrogen) atoms. The number of hydrogen-bond acceptors (Lipinski definition) is 4. The van der Waals surface area contributed by atoms with Crippen LogP contribution in [0.2, 0.25) is 10.0 Å². The van der Waals surface area contributed by atoms with Crippen molar-refractivity contribution in [3.05, 3.63) is 94.0 Å². The maximum Gasteiger partial charge on any atom is 0.142 e. The van der Waals surface area contributed by atoms with Crippen LogP contribution in [0.1, 0.15) is 29.5 Å². The second kappa shape index (κ2) is 8.97. The zero-order chi connectivity index (χ0) is 22.1. The van der Waals surface area contributed by atoms with Crippen LogP contribution in [-0.4, -0.2) is 18.3 Å². The monoisotopic (exact) mass is 467 g/mol. The van der Waals surface area contributed by atoms with Crippen LogP contribution in [0.15, 0.2) is 72.8 Å². The van der Waals surface area contributed by atoms with Crippen LogP contribution < -0.4 is 14.8 Å². The van der Waals surface area contributed by atoms with Crippen molar-refractivity contribution < 1.29 is 14.6 Å². The molecule has 1 aliphatic carbocycles. The molecule has 0 amide bonds. The van der Waals surface area contributed by atoms with Gasteiger partial charge in [-0.2, -0.15) is 0 Å². The number of allylic oxidation sites excluding steroid dienone is 2. The van der Waals surface area contributed by atoms with E-state index < -0.39 is 0 Å². The fourth-order valence-electron chi connectivity index (χ4n) is 4.67. The summed E-state index contributed by atoms with van der Waals surface area (Å²) in [5, 5.41) is 15.1. The Balaban J connectivity index is 1.40. The van der Waals surface area contributed by atoms with Gasteiger partial charge in [-0.15, -0.1) is 0 Å². The Morgan fingerprint density at radius 2 is 1.75 bits per heavy atom. The standard InChI is InChI=1S/C26H23Cl2NO3/c27-16-14-21(26(30)22(28)15-16)24-19-9-4-8-18(19)20-10-5-11-23(25(20)29-24)32-13-12-31-17-6-2-1-3-7-17/h1-8,10-11,14-15,18-19,24,29-30H,9,12-13H2. The van der Waals surface area contributed by atoms with Gasteiger partial charge >= 0.3 is 0 Å². The molecule has 3 aromatic rings. The van der Waals surface area contributed by atoms with E-state index in [4.69, 9.17) is 32.7 Å². The first-order valence-electron chi connectivity index (χ1n) is 10.7. The summed E-state index contributed by atoms with van der Waals surface area (Å²) in [4.78, 5) is 0. The van der Waals surface area contributed by atoms with E-state index in [9.17, 15) is 5.11 Å². The third-order valence-electron chi connectivity index (χ3n) is 6.10. The number of phenols is 1. The Morgan fingerprint density at radius 3 is 2.59 bits per heavy atom. The molecule has 2 aliphatic rings.